The molecule has 5 aromatic carbocycles. The molecule has 1 aliphatic rings. The van der Waals surface area contributed by atoms with E-state index >= 15 is 0 Å². The predicted octanol–water partition coefficient (Wildman–Crippen LogP) is 11.3. The Balaban J connectivity index is 1.19. The van der Waals surface area contributed by atoms with Gasteiger partial charge in [0.25, 0.3) is 0 Å². The number of pyridine rings is 1. The zero-order chi connectivity index (χ0) is 32.3. The molecule has 0 saturated heterocycles. The Morgan fingerprint density at radius 2 is 1.34 bits per heavy atom. The van der Waals surface area contributed by atoms with Gasteiger partial charge in [-0.15, -0.1) is 0 Å². The van der Waals surface area contributed by atoms with Crippen LogP contribution in [-0.4, -0.2) is 21.8 Å². The lowest BCUT2D eigenvalue weighted by Crippen LogP contribution is -2.42. The van der Waals surface area contributed by atoms with Crippen molar-refractivity contribution in [1.82, 2.24) is 9.55 Å². The average Bonchev–Trinajstić information content (AvgIpc) is 3.62. The number of rotatable bonds is 5. The fraction of sp³-hybridized carbons (Fsp3) is 0.167. The Bertz CT molecular complexity index is 2270. The van der Waals surface area contributed by atoms with Gasteiger partial charge in [0.2, 0.25) is 0 Å². The summed E-state index contributed by atoms with van der Waals surface area (Å²) in [6.45, 7) is 12.0. The molecule has 0 fully saturated rings. The molecule has 4 nitrogen and oxygen atoms in total. The Kier molecular flexibility index (Phi) is 7.11. The van der Waals surface area contributed by atoms with Crippen LogP contribution in [0.3, 0.4) is 0 Å². The second kappa shape index (κ2) is 11.4. The van der Waals surface area contributed by atoms with Gasteiger partial charge in [0.1, 0.15) is 5.82 Å². The number of fused-ring (bicyclic) bond motifs is 4. The minimum Gasteiger partial charge on any atom is -0.347 e. The molecule has 0 radical (unpaired) electrons. The van der Waals surface area contributed by atoms with Gasteiger partial charge < -0.3 is 9.80 Å². The fourth-order valence-corrected chi connectivity index (χ4v) is 7.99. The molecule has 3 heterocycles. The number of aromatic nitrogens is 2. The first-order chi connectivity index (χ1) is 22.8. The molecule has 0 atom stereocenters. The maximum Gasteiger partial charge on any atom is 0.138 e. The van der Waals surface area contributed by atoms with E-state index in [1.54, 1.807) is 11.8 Å². The van der Waals surface area contributed by atoms with Crippen molar-refractivity contribution in [3.63, 3.8) is 0 Å². The minimum absolute atomic E-state index is 0.0260. The molecule has 0 bridgehead atoms. The normalized spacial score (nSPS) is 13.1. The summed E-state index contributed by atoms with van der Waals surface area (Å²) >= 11 is 1.81. The number of anilines is 3. The summed E-state index contributed by atoms with van der Waals surface area (Å²) < 4.78 is 2.32. The summed E-state index contributed by atoms with van der Waals surface area (Å²) in [6.07, 6.45) is 1.94. The van der Waals surface area contributed by atoms with Crippen LogP contribution in [0.4, 0.5) is 17.1 Å². The fourth-order valence-electron chi connectivity index (χ4n) is 7.09. The van der Waals surface area contributed by atoms with E-state index < -0.39 is 0 Å². The van der Waals surface area contributed by atoms with E-state index in [0.29, 0.717) is 0 Å². The van der Waals surface area contributed by atoms with E-state index in [1.165, 1.54) is 59.9 Å². The van der Waals surface area contributed by atoms with Crippen molar-refractivity contribution in [1.29, 1.82) is 0 Å². The quantitative estimate of drug-likeness (QED) is 0.189. The van der Waals surface area contributed by atoms with Crippen LogP contribution in [0.2, 0.25) is 0 Å². The maximum atomic E-state index is 4.92. The van der Waals surface area contributed by atoms with E-state index in [0.717, 1.165) is 23.5 Å². The van der Waals surface area contributed by atoms with Gasteiger partial charge in [0.15, 0.2) is 0 Å². The number of aryl methyl sites for hydroxylation is 2. The molecule has 0 spiro atoms. The summed E-state index contributed by atoms with van der Waals surface area (Å²) in [7, 11) is 0. The van der Waals surface area contributed by atoms with Crippen LogP contribution in [0.1, 0.15) is 31.9 Å². The molecule has 8 rings (SSSR count). The van der Waals surface area contributed by atoms with Gasteiger partial charge in [-0.2, -0.15) is 0 Å². The Morgan fingerprint density at radius 1 is 0.638 bits per heavy atom. The van der Waals surface area contributed by atoms with E-state index in [1.807, 2.05) is 6.20 Å². The lowest BCUT2D eigenvalue weighted by molar-refractivity contribution is 0.518. The predicted molar refractivity (Wildman–Crippen MR) is 200 cm³/mol. The summed E-state index contributed by atoms with van der Waals surface area (Å²) in [5.74, 6) is 0.927. The summed E-state index contributed by atoms with van der Waals surface area (Å²) in [6, 6.07) is 44.1. The third kappa shape index (κ3) is 5.15. The highest BCUT2D eigenvalue weighted by Crippen LogP contribution is 2.45. The van der Waals surface area contributed by atoms with Gasteiger partial charge in [-0.05, 0) is 118 Å². The number of hydrogen-bond acceptors (Lipinski definition) is 4. The van der Waals surface area contributed by atoms with Gasteiger partial charge in [-0.3, -0.25) is 4.57 Å². The molecule has 232 valence electrons. The maximum absolute atomic E-state index is 4.92. The number of para-hydroxylation sites is 3. The molecule has 0 saturated carbocycles. The molecule has 1 aliphatic heterocycles. The molecule has 47 heavy (non-hydrogen) atoms. The third-order valence-electron chi connectivity index (χ3n) is 9.31. The molecular formula is C42H38N4S. The zero-order valence-electron chi connectivity index (χ0n) is 27.5. The molecule has 0 aliphatic carbocycles. The van der Waals surface area contributed by atoms with Crippen LogP contribution in [-0.2, 0) is 0 Å². The first-order valence-corrected chi connectivity index (χ1v) is 17.1. The highest BCUT2D eigenvalue weighted by Gasteiger charge is 2.33. The van der Waals surface area contributed by atoms with Crippen molar-refractivity contribution in [3.8, 4) is 16.9 Å². The standard InChI is InChI=1S/C42H38N4S/c1-28-12-10-13-29(2)41(28)30-22-23-43-40(24-30)46-36-17-7-6-16-34(36)35-21-20-33(26-39(35)46)47-32-15-11-14-31(25-32)44-27-45(42(3,4)5)38-19-9-8-18-37(38)44/h6-26H,27H2,1-5H3. The summed E-state index contributed by atoms with van der Waals surface area (Å²) in [5, 5.41) is 2.46. The molecule has 0 amide bonds. The van der Waals surface area contributed by atoms with Crippen molar-refractivity contribution in [2.75, 3.05) is 16.5 Å². The topological polar surface area (TPSA) is 24.3 Å². The minimum atomic E-state index is 0.0260. The van der Waals surface area contributed by atoms with Crippen LogP contribution in [0.5, 0.6) is 0 Å². The average molecular weight is 631 g/mol. The lowest BCUT2D eigenvalue weighted by Gasteiger charge is -2.34. The highest BCUT2D eigenvalue weighted by atomic mass is 32.2. The second-order valence-electron chi connectivity index (χ2n) is 13.5. The molecule has 7 aromatic rings. The number of nitrogens with zero attached hydrogens (tertiary/aromatic N) is 4. The van der Waals surface area contributed by atoms with E-state index in [-0.39, 0.29) is 5.54 Å². The molecular weight excluding hydrogens is 593 g/mol. The van der Waals surface area contributed by atoms with Crippen LogP contribution in [0.25, 0.3) is 38.8 Å². The van der Waals surface area contributed by atoms with Gasteiger partial charge in [0, 0.05) is 38.0 Å². The van der Waals surface area contributed by atoms with Crippen molar-refractivity contribution in [3.05, 3.63) is 139 Å². The Hall–Kier alpha value is -5.00. The Morgan fingerprint density at radius 3 is 2.15 bits per heavy atom. The van der Waals surface area contributed by atoms with Gasteiger partial charge >= 0.3 is 0 Å². The van der Waals surface area contributed by atoms with Crippen LogP contribution >= 0.6 is 11.8 Å². The molecule has 0 unspecified atom stereocenters. The lowest BCUT2D eigenvalue weighted by atomic mass is 9.96. The SMILES string of the molecule is Cc1cccc(C)c1-c1ccnc(-n2c3ccccc3c3ccc(Sc4cccc(N5CN(C(C)(C)C)c6ccccc65)c4)cc32)c1. The van der Waals surface area contributed by atoms with Crippen molar-refractivity contribution in [2.24, 2.45) is 0 Å². The third-order valence-corrected chi connectivity index (χ3v) is 10.3. The molecule has 5 heteroatoms. The highest BCUT2D eigenvalue weighted by molar-refractivity contribution is 7.99. The first-order valence-electron chi connectivity index (χ1n) is 16.2. The number of benzene rings is 5. The second-order valence-corrected chi connectivity index (χ2v) is 14.6. The smallest absolute Gasteiger partial charge is 0.138 e. The summed E-state index contributed by atoms with van der Waals surface area (Å²) in [5.41, 5.74) is 11.1. The van der Waals surface area contributed by atoms with Crippen LogP contribution in [0.15, 0.2) is 137 Å². The van der Waals surface area contributed by atoms with Crippen LogP contribution in [0, 0.1) is 13.8 Å². The number of hydrogen-bond donors (Lipinski definition) is 0. The van der Waals surface area contributed by atoms with E-state index in [4.69, 9.17) is 4.98 Å². The molecule has 0 N–H and O–H groups in total. The largest absolute Gasteiger partial charge is 0.347 e. The van der Waals surface area contributed by atoms with Gasteiger partial charge in [-0.1, -0.05) is 72.4 Å². The van der Waals surface area contributed by atoms with Crippen molar-refractivity contribution in [2.45, 2.75) is 49.9 Å². The van der Waals surface area contributed by atoms with Crippen molar-refractivity contribution >= 4 is 50.6 Å². The van der Waals surface area contributed by atoms with Gasteiger partial charge in [-0.25, -0.2) is 4.98 Å². The Labute approximate surface area is 281 Å². The van der Waals surface area contributed by atoms with Crippen LogP contribution < -0.4 is 9.80 Å². The van der Waals surface area contributed by atoms with E-state index in [9.17, 15) is 0 Å². The molecule has 2 aromatic heterocycles. The monoisotopic (exact) mass is 630 g/mol. The first kappa shape index (κ1) is 29.4. The van der Waals surface area contributed by atoms with Gasteiger partial charge in [0.05, 0.1) is 29.1 Å². The van der Waals surface area contributed by atoms with E-state index in [2.05, 4.69) is 170 Å². The zero-order valence-corrected chi connectivity index (χ0v) is 28.3. The summed E-state index contributed by atoms with van der Waals surface area (Å²) in [4.78, 5) is 12.3. The van der Waals surface area contributed by atoms with Crippen molar-refractivity contribution < 1.29 is 0 Å².